The largest absolute Gasteiger partial charge is 0.415 e. The van der Waals surface area contributed by atoms with Crippen molar-refractivity contribution < 1.29 is 33.7 Å². The van der Waals surface area contributed by atoms with Gasteiger partial charge in [0.15, 0.2) is 5.78 Å². The second-order valence-corrected chi connectivity index (χ2v) is 17.7. The van der Waals surface area contributed by atoms with Crippen LogP contribution in [0.1, 0.15) is 70.8 Å². The predicted octanol–water partition coefficient (Wildman–Crippen LogP) is 8.87. The molecule has 0 radical (unpaired) electrons. The highest BCUT2D eigenvalue weighted by molar-refractivity contribution is 6.31. The van der Waals surface area contributed by atoms with Crippen molar-refractivity contribution in [1.82, 2.24) is 4.90 Å². The molecule has 0 saturated heterocycles. The Bertz CT molecular complexity index is 2030. The number of hydrogen-bond donors (Lipinski definition) is 2. The Labute approximate surface area is 322 Å². The van der Waals surface area contributed by atoms with Gasteiger partial charge in [-0.05, 0) is 104 Å². The van der Waals surface area contributed by atoms with Crippen LogP contribution in [0.3, 0.4) is 0 Å². The monoisotopic (exact) mass is 755 g/mol. The maximum absolute atomic E-state index is 15.2. The number of carbonyl (C=O) groups excluding carboxylic acids is 2. The first-order chi connectivity index (χ1) is 25.8. The number of halogens is 2. The van der Waals surface area contributed by atoms with Crippen molar-refractivity contribution in [1.29, 1.82) is 0 Å². The van der Waals surface area contributed by atoms with Crippen molar-refractivity contribution in [3.05, 3.63) is 101 Å². The third-order valence-electron chi connectivity index (χ3n) is 14.8. The molecule has 9 rings (SSSR count). The highest BCUT2D eigenvalue weighted by Crippen LogP contribution is 2.78. The zero-order chi connectivity index (χ0) is 38.1. The molecular formula is C45H51ClFNO6. The smallest absolute Gasteiger partial charge is 0.410 e. The molecule has 3 aromatic rings. The average Bonchev–Trinajstić information content (AvgIpc) is 3.42. The topological polar surface area (TPSA) is 96.3 Å². The molecule has 6 aliphatic carbocycles. The van der Waals surface area contributed by atoms with Gasteiger partial charge in [0, 0.05) is 59.1 Å². The van der Waals surface area contributed by atoms with Crippen molar-refractivity contribution >= 4 is 34.2 Å². The summed E-state index contributed by atoms with van der Waals surface area (Å²) in [6, 6.07) is 18.0. The third kappa shape index (κ3) is 5.61. The number of fused-ring (bicyclic) bond motifs is 2. The fraction of sp³-hybridized carbons (Fsp3) is 0.511. The fourth-order valence-electron chi connectivity index (χ4n) is 12.0. The number of benzene rings is 3. The van der Waals surface area contributed by atoms with Crippen LogP contribution in [0.2, 0.25) is 5.02 Å². The first-order valence-corrected chi connectivity index (χ1v) is 19.9. The van der Waals surface area contributed by atoms with Gasteiger partial charge in [-0.15, -0.1) is 0 Å². The molecule has 0 heterocycles. The molecule has 286 valence electrons. The van der Waals surface area contributed by atoms with Gasteiger partial charge in [0.25, 0.3) is 0 Å². The summed E-state index contributed by atoms with van der Waals surface area (Å²) in [7, 11) is 1.63. The quantitative estimate of drug-likeness (QED) is 0.159. The third-order valence-corrected chi connectivity index (χ3v) is 15.2. The summed E-state index contributed by atoms with van der Waals surface area (Å²) in [6.45, 7) is 5.34. The van der Waals surface area contributed by atoms with Crippen LogP contribution in [-0.2, 0) is 16.0 Å². The lowest BCUT2D eigenvalue weighted by molar-refractivity contribution is -0.178. The number of carbonyl (C=O) groups is 2. The minimum atomic E-state index is -1.28. The van der Waals surface area contributed by atoms with Crippen molar-refractivity contribution in [2.24, 2.45) is 33.5 Å². The standard InChI is InChI=1S/C45H51ClFNO6/c1-41-17-14-31(49)26-43(41)20-21-45(34(27-43)37(50)25-33-35(46)10-6-11-36(33)47)38(41)15-18-42(2)39(45)16-19-44(42,52)28-48(22-7-23-53-3)40(51)54-32-13-12-29-8-4-5-9-30(29)24-32/h4-6,8-13,20-21,24,27,31,38-39,49,52H,7,14-19,22-23,25-26,28H2,1-3H3/t31?,38-,39-,41-,42+,43+,44-,45-/m1/s1. The molecule has 8 atom stereocenters. The number of nitrogens with zero attached hydrogens (tertiary/aromatic N) is 1. The van der Waals surface area contributed by atoms with Crippen LogP contribution >= 0.6 is 11.6 Å². The summed E-state index contributed by atoms with van der Waals surface area (Å²) >= 11 is 6.48. The zero-order valence-corrected chi connectivity index (χ0v) is 32.2. The summed E-state index contributed by atoms with van der Waals surface area (Å²) in [5.74, 6) is -0.289. The molecule has 9 heteroatoms. The molecule has 3 aromatic carbocycles. The van der Waals surface area contributed by atoms with E-state index in [1.165, 1.54) is 6.07 Å². The van der Waals surface area contributed by atoms with E-state index in [0.717, 1.165) is 30.0 Å². The van der Waals surface area contributed by atoms with Crippen LogP contribution in [0.25, 0.3) is 10.8 Å². The number of allylic oxidation sites excluding steroid dienone is 4. The number of rotatable bonds is 10. The van der Waals surface area contributed by atoms with Gasteiger partial charge in [-0.2, -0.15) is 0 Å². The molecule has 3 saturated carbocycles. The highest BCUT2D eigenvalue weighted by atomic mass is 35.5. The van der Waals surface area contributed by atoms with Crippen molar-refractivity contribution in [2.75, 3.05) is 26.8 Å². The molecule has 2 N–H and O–H groups in total. The van der Waals surface area contributed by atoms with E-state index in [1.54, 1.807) is 30.2 Å². The van der Waals surface area contributed by atoms with Gasteiger partial charge in [-0.1, -0.05) is 80.1 Å². The van der Waals surface area contributed by atoms with Crippen LogP contribution in [0.5, 0.6) is 5.75 Å². The Morgan fingerprint density at radius 2 is 1.69 bits per heavy atom. The van der Waals surface area contributed by atoms with E-state index in [0.29, 0.717) is 56.6 Å². The number of hydrogen-bond acceptors (Lipinski definition) is 6. The zero-order valence-electron chi connectivity index (χ0n) is 31.5. The number of ketones is 1. The van der Waals surface area contributed by atoms with E-state index in [9.17, 15) is 19.8 Å². The Morgan fingerprint density at radius 3 is 2.46 bits per heavy atom. The van der Waals surface area contributed by atoms with E-state index in [1.807, 2.05) is 36.4 Å². The first-order valence-electron chi connectivity index (χ1n) is 19.5. The van der Waals surface area contributed by atoms with Crippen molar-refractivity contribution in [3.63, 3.8) is 0 Å². The maximum Gasteiger partial charge on any atom is 0.415 e. The van der Waals surface area contributed by atoms with Crippen LogP contribution in [0.4, 0.5) is 9.18 Å². The summed E-state index contributed by atoms with van der Waals surface area (Å²) in [5, 5.41) is 26.2. The number of amides is 1. The summed E-state index contributed by atoms with van der Waals surface area (Å²) in [6.07, 6.45) is 10.6. The lowest BCUT2D eigenvalue weighted by Gasteiger charge is -2.71. The predicted molar refractivity (Wildman–Crippen MR) is 207 cm³/mol. The van der Waals surface area contributed by atoms with Gasteiger partial charge in [0.05, 0.1) is 18.2 Å². The summed E-state index contributed by atoms with van der Waals surface area (Å²) < 4.78 is 26.5. The first kappa shape index (κ1) is 37.4. The van der Waals surface area contributed by atoms with E-state index in [4.69, 9.17) is 21.1 Å². The average molecular weight is 756 g/mol. The van der Waals surface area contributed by atoms with Gasteiger partial charge < -0.3 is 24.6 Å². The second kappa shape index (κ2) is 13.6. The Balaban J connectivity index is 1.15. The van der Waals surface area contributed by atoms with Gasteiger partial charge in [-0.3, -0.25) is 4.79 Å². The van der Waals surface area contributed by atoms with Gasteiger partial charge in [0.2, 0.25) is 0 Å². The van der Waals surface area contributed by atoms with E-state index in [2.05, 4.69) is 32.1 Å². The number of ether oxygens (including phenoxy) is 2. The Hall–Kier alpha value is -3.56. The number of Topliss-reactive ketones (excluding diaryl/α,β-unsaturated/α-hetero) is 1. The van der Waals surface area contributed by atoms with Crippen molar-refractivity contribution in [3.8, 4) is 5.75 Å². The molecule has 54 heavy (non-hydrogen) atoms. The molecule has 2 bridgehead atoms. The SMILES string of the molecule is COCCCN(C[C@]1(O)CC[C@H]2[C@]34C=C[C@@]5(C=C3C(=O)Cc3c(F)cccc3Cl)CC(O)CC[C@]5(C)[C@H]4CC[C@@]21C)C(=O)Oc1ccc2ccccc2c1. The van der Waals surface area contributed by atoms with E-state index in [-0.39, 0.29) is 46.6 Å². The second-order valence-electron chi connectivity index (χ2n) is 17.3. The Morgan fingerprint density at radius 1 is 0.944 bits per heavy atom. The maximum atomic E-state index is 15.2. The molecule has 0 aliphatic heterocycles. The summed E-state index contributed by atoms with van der Waals surface area (Å²) in [5.41, 5.74) is -2.53. The fourth-order valence-corrected chi connectivity index (χ4v) is 12.2. The molecular weight excluding hydrogens is 705 g/mol. The highest BCUT2D eigenvalue weighted by Gasteiger charge is 2.74. The minimum Gasteiger partial charge on any atom is -0.410 e. The lowest BCUT2D eigenvalue weighted by Crippen LogP contribution is -2.67. The van der Waals surface area contributed by atoms with E-state index >= 15 is 4.39 Å². The number of aliphatic hydroxyl groups is 2. The van der Waals surface area contributed by atoms with Crippen LogP contribution in [-0.4, -0.2) is 65.5 Å². The molecule has 6 aliphatic rings. The van der Waals surface area contributed by atoms with E-state index < -0.39 is 39.9 Å². The van der Waals surface area contributed by atoms with Crippen LogP contribution in [0, 0.1) is 39.3 Å². The molecule has 1 unspecified atom stereocenters. The molecule has 7 nitrogen and oxygen atoms in total. The summed E-state index contributed by atoms with van der Waals surface area (Å²) in [4.78, 5) is 30.4. The molecule has 2 spiro atoms. The molecule has 1 amide bonds. The number of methoxy groups -OCH3 is 1. The minimum absolute atomic E-state index is 0.0752. The van der Waals surface area contributed by atoms with Crippen LogP contribution in [0.15, 0.2) is 84.5 Å². The van der Waals surface area contributed by atoms with Gasteiger partial charge in [0.1, 0.15) is 11.6 Å². The van der Waals surface area contributed by atoms with Crippen molar-refractivity contribution in [2.45, 2.75) is 83.3 Å². The van der Waals surface area contributed by atoms with Crippen LogP contribution < -0.4 is 4.74 Å². The molecule has 3 fully saturated rings. The van der Waals surface area contributed by atoms with Gasteiger partial charge in [-0.25, -0.2) is 9.18 Å². The number of aliphatic hydroxyl groups excluding tert-OH is 1. The molecule has 0 aromatic heterocycles. The van der Waals surface area contributed by atoms with Gasteiger partial charge >= 0.3 is 6.09 Å². The normalized spacial score (nSPS) is 34.9. The Kier molecular flexibility index (Phi) is 9.39. The lowest BCUT2D eigenvalue weighted by atomic mass is 9.32.